The van der Waals surface area contributed by atoms with E-state index in [-0.39, 0.29) is 5.56 Å². The van der Waals surface area contributed by atoms with Gasteiger partial charge in [-0.1, -0.05) is 48.6 Å². The Bertz CT molecular complexity index is 804. The van der Waals surface area contributed by atoms with Crippen LogP contribution in [0.4, 0.5) is 0 Å². The zero-order valence-corrected chi connectivity index (χ0v) is 15.4. The van der Waals surface area contributed by atoms with E-state index >= 15 is 0 Å². The molecule has 0 spiro atoms. The van der Waals surface area contributed by atoms with E-state index in [4.69, 9.17) is 9.47 Å². The summed E-state index contributed by atoms with van der Waals surface area (Å²) in [5.74, 6) is -0.109. The quantitative estimate of drug-likeness (QED) is 0.666. The fraction of sp³-hybridized carbons (Fsp3) is 0.227. The summed E-state index contributed by atoms with van der Waals surface area (Å²) in [5, 5.41) is 9.47. The smallest absolute Gasteiger partial charge is 0.339 e. The topological polar surface area (TPSA) is 55.8 Å². The van der Waals surface area contributed by atoms with Crippen LogP contribution in [0.5, 0.6) is 11.5 Å². The normalized spacial score (nSPS) is 11.6. The summed E-state index contributed by atoms with van der Waals surface area (Å²) in [7, 11) is 0. The Labute approximate surface area is 154 Å². The van der Waals surface area contributed by atoms with Crippen LogP contribution in [-0.4, -0.2) is 17.7 Å². The molecule has 0 heterocycles. The van der Waals surface area contributed by atoms with Crippen molar-refractivity contribution in [2.75, 3.05) is 6.61 Å². The summed E-state index contributed by atoms with van der Waals surface area (Å²) < 4.78 is 11.6. The zero-order valence-electron chi connectivity index (χ0n) is 15.4. The van der Waals surface area contributed by atoms with Crippen molar-refractivity contribution >= 4 is 5.97 Å². The lowest BCUT2D eigenvalue weighted by Crippen LogP contribution is -2.07. The first-order chi connectivity index (χ1) is 12.5. The van der Waals surface area contributed by atoms with Crippen molar-refractivity contribution in [1.82, 2.24) is 0 Å². The van der Waals surface area contributed by atoms with E-state index in [0.717, 1.165) is 16.7 Å². The molecule has 0 saturated heterocycles. The van der Waals surface area contributed by atoms with Gasteiger partial charge in [0.1, 0.15) is 30.3 Å². The van der Waals surface area contributed by atoms with Crippen molar-refractivity contribution in [3.05, 3.63) is 83.0 Å². The number of hydrogen-bond acceptors (Lipinski definition) is 3. The molecular weight excluding hydrogens is 328 g/mol. The number of carbonyl (C=O) groups is 1. The Balaban J connectivity index is 2.23. The van der Waals surface area contributed by atoms with Gasteiger partial charge in [-0.15, -0.1) is 0 Å². The molecule has 0 unspecified atom stereocenters. The summed E-state index contributed by atoms with van der Waals surface area (Å²) in [6.45, 7) is 6.43. The third-order valence-electron chi connectivity index (χ3n) is 3.89. The van der Waals surface area contributed by atoms with Gasteiger partial charge in [0.05, 0.1) is 0 Å². The van der Waals surface area contributed by atoms with E-state index in [1.54, 1.807) is 12.1 Å². The van der Waals surface area contributed by atoms with E-state index in [0.29, 0.717) is 24.7 Å². The number of hydrogen-bond donors (Lipinski definition) is 1. The first-order valence-corrected chi connectivity index (χ1v) is 8.50. The number of carboxylic acid groups (broad SMARTS) is 1. The number of aromatic carboxylic acids is 1. The minimum absolute atomic E-state index is 0.130. The minimum atomic E-state index is -1.02. The Morgan fingerprint density at radius 2 is 1.81 bits per heavy atom. The first-order valence-electron chi connectivity index (χ1n) is 8.50. The summed E-state index contributed by atoms with van der Waals surface area (Å²) >= 11 is 0. The number of benzene rings is 2. The molecule has 0 bridgehead atoms. The van der Waals surface area contributed by atoms with Crippen LogP contribution in [0.2, 0.25) is 0 Å². The molecule has 2 aromatic carbocycles. The Kier molecular flexibility index (Phi) is 7.03. The molecule has 2 aromatic rings. The standard InChI is InChI=1S/C22H24O4/c1-4-9-17(5-2)14-25-20-13-21(19(22(23)24)12-16(20)3)26-15-18-10-7-6-8-11-18/h4-13H,14-15H2,1-3H3,(H,23,24). The van der Waals surface area contributed by atoms with Crippen molar-refractivity contribution in [3.8, 4) is 11.5 Å². The van der Waals surface area contributed by atoms with E-state index in [9.17, 15) is 9.90 Å². The highest BCUT2D eigenvalue weighted by molar-refractivity contribution is 5.91. The SMILES string of the molecule is CC=CC(=CC)COc1cc(OCc2ccccc2)c(C(=O)O)cc1C. The molecule has 0 atom stereocenters. The van der Waals surface area contributed by atoms with Crippen LogP contribution in [0, 0.1) is 6.92 Å². The molecule has 26 heavy (non-hydrogen) atoms. The predicted octanol–water partition coefficient (Wildman–Crippen LogP) is 5.17. The lowest BCUT2D eigenvalue weighted by atomic mass is 10.1. The minimum Gasteiger partial charge on any atom is -0.489 e. The Hall–Kier alpha value is -3.01. The van der Waals surface area contributed by atoms with E-state index < -0.39 is 5.97 Å². The highest BCUT2D eigenvalue weighted by atomic mass is 16.5. The van der Waals surface area contributed by atoms with E-state index in [1.807, 2.05) is 69.3 Å². The molecule has 0 aliphatic heterocycles. The van der Waals surface area contributed by atoms with Gasteiger partial charge in [-0.3, -0.25) is 0 Å². The molecule has 4 heteroatoms. The predicted molar refractivity (Wildman–Crippen MR) is 103 cm³/mol. The molecule has 0 aromatic heterocycles. The van der Waals surface area contributed by atoms with Gasteiger partial charge in [0.15, 0.2) is 0 Å². The molecular formula is C22H24O4. The lowest BCUT2D eigenvalue weighted by molar-refractivity contribution is 0.0691. The lowest BCUT2D eigenvalue weighted by Gasteiger charge is -2.15. The van der Waals surface area contributed by atoms with Crippen LogP contribution >= 0.6 is 0 Å². The average Bonchev–Trinajstić information content (AvgIpc) is 2.65. The van der Waals surface area contributed by atoms with Crippen LogP contribution in [-0.2, 0) is 6.61 Å². The van der Waals surface area contributed by atoms with E-state index in [2.05, 4.69) is 0 Å². The number of carboxylic acids is 1. The van der Waals surface area contributed by atoms with Gasteiger partial charge in [0, 0.05) is 6.07 Å². The monoisotopic (exact) mass is 352 g/mol. The first kappa shape index (κ1) is 19.3. The maximum atomic E-state index is 11.6. The second-order valence-corrected chi connectivity index (χ2v) is 5.85. The van der Waals surface area contributed by atoms with Crippen LogP contribution < -0.4 is 9.47 Å². The Morgan fingerprint density at radius 1 is 1.08 bits per heavy atom. The third kappa shape index (κ3) is 5.24. The average molecular weight is 352 g/mol. The van der Waals surface area contributed by atoms with Crippen molar-refractivity contribution in [3.63, 3.8) is 0 Å². The summed E-state index contributed by atoms with van der Waals surface area (Å²) in [4.78, 5) is 11.6. The van der Waals surface area contributed by atoms with Crippen LogP contribution in [0.3, 0.4) is 0 Å². The largest absolute Gasteiger partial charge is 0.489 e. The van der Waals surface area contributed by atoms with E-state index in [1.165, 1.54) is 0 Å². The number of aryl methyl sites for hydroxylation is 1. The highest BCUT2D eigenvalue weighted by Crippen LogP contribution is 2.30. The Morgan fingerprint density at radius 3 is 2.42 bits per heavy atom. The molecule has 4 nitrogen and oxygen atoms in total. The number of ether oxygens (including phenoxy) is 2. The van der Waals surface area contributed by atoms with Gasteiger partial charge in [0.25, 0.3) is 0 Å². The second kappa shape index (κ2) is 9.47. The van der Waals surface area contributed by atoms with Gasteiger partial charge in [-0.25, -0.2) is 4.79 Å². The van der Waals surface area contributed by atoms with Crippen LogP contribution in [0.15, 0.2) is 66.3 Å². The van der Waals surface area contributed by atoms with Gasteiger partial charge < -0.3 is 14.6 Å². The van der Waals surface area contributed by atoms with Gasteiger partial charge >= 0.3 is 5.97 Å². The summed E-state index contributed by atoms with van der Waals surface area (Å²) in [5.41, 5.74) is 2.90. The molecule has 0 saturated carbocycles. The van der Waals surface area contributed by atoms with Crippen molar-refractivity contribution in [2.24, 2.45) is 0 Å². The number of allylic oxidation sites excluding steroid dienone is 2. The van der Waals surface area contributed by atoms with Gasteiger partial charge in [-0.2, -0.15) is 0 Å². The van der Waals surface area contributed by atoms with Crippen LogP contribution in [0.25, 0.3) is 0 Å². The molecule has 0 radical (unpaired) electrons. The molecule has 2 rings (SSSR count). The zero-order chi connectivity index (χ0) is 18.9. The highest BCUT2D eigenvalue weighted by Gasteiger charge is 2.16. The van der Waals surface area contributed by atoms with Crippen molar-refractivity contribution in [2.45, 2.75) is 27.4 Å². The fourth-order valence-corrected chi connectivity index (χ4v) is 2.45. The molecule has 136 valence electrons. The van der Waals surface area contributed by atoms with Crippen molar-refractivity contribution < 1.29 is 19.4 Å². The molecule has 0 fully saturated rings. The van der Waals surface area contributed by atoms with Gasteiger partial charge in [0.2, 0.25) is 0 Å². The number of rotatable bonds is 8. The summed E-state index contributed by atoms with van der Waals surface area (Å²) in [6.07, 6.45) is 5.91. The van der Waals surface area contributed by atoms with Gasteiger partial charge in [-0.05, 0) is 43.5 Å². The van der Waals surface area contributed by atoms with Crippen LogP contribution in [0.1, 0.15) is 35.3 Å². The summed E-state index contributed by atoms with van der Waals surface area (Å²) in [6, 6.07) is 12.9. The maximum absolute atomic E-state index is 11.6. The molecule has 1 N–H and O–H groups in total. The van der Waals surface area contributed by atoms with Crippen molar-refractivity contribution in [1.29, 1.82) is 0 Å². The molecule has 0 aliphatic carbocycles. The maximum Gasteiger partial charge on any atom is 0.339 e. The molecule has 0 aliphatic rings. The fourth-order valence-electron chi connectivity index (χ4n) is 2.45. The molecule has 0 amide bonds. The third-order valence-corrected chi connectivity index (χ3v) is 3.89. The second-order valence-electron chi connectivity index (χ2n) is 5.85.